The summed E-state index contributed by atoms with van der Waals surface area (Å²) in [5, 5.41) is 0. The molecule has 64 heavy (non-hydrogen) atoms. The van der Waals surface area contributed by atoms with Crippen molar-refractivity contribution in [3.8, 4) is 44.5 Å². The monoisotopic (exact) mass is 835 g/mol. The van der Waals surface area contributed by atoms with Crippen LogP contribution in [0.3, 0.4) is 0 Å². The first kappa shape index (κ1) is 46.7. The molecule has 0 nitrogen and oxygen atoms in total. The van der Waals surface area contributed by atoms with Crippen molar-refractivity contribution in [3.05, 3.63) is 249 Å². The lowest BCUT2D eigenvalue weighted by atomic mass is 9.82. The molecule has 0 heteroatoms. The molecule has 1 aliphatic rings. The minimum Gasteiger partial charge on any atom is -0.0984 e. The summed E-state index contributed by atoms with van der Waals surface area (Å²) >= 11 is 0. The second kappa shape index (κ2) is 20.6. The van der Waals surface area contributed by atoms with E-state index in [4.69, 9.17) is 0 Å². The standard InChI is InChI=1S/C20H22.C16H16.2C14H14/c1-7-18-15(5)14(4)16(6)20(19(18)8-2)17-11-9-13(3)10-12-17;1-11-8-9-15-13(10-11)12-6-4-5-7-14(12)16(15,2)3;1-11-3-7-13(8-4-11)14-9-5-12(2)6-10-14;1-11-7-3-5-9-13(11)14-10-6-4-8-12(14)2/h7-12H,1-2H2,3-6H3;4-10H,1-3H3;2*3-10H,1-2H3. The summed E-state index contributed by atoms with van der Waals surface area (Å²) in [6.45, 7) is 31.9. The van der Waals surface area contributed by atoms with Crippen molar-refractivity contribution in [2.75, 3.05) is 0 Å². The van der Waals surface area contributed by atoms with E-state index in [-0.39, 0.29) is 5.41 Å². The van der Waals surface area contributed by atoms with E-state index < -0.39 is 0 Å². The summed E-state index contributed by atoms with van der Waals surface area (Å²) < 4.78 is 0. The number of fused-ring (bicyclic) bond motifs is 3. The van der Waals surface area contributed by atoms with Crippen LogP contribution in [0, 0.1) is 62.3 Å². The first-order chi connectivity index (χ1) is 30.7. The predicted octanol–water partition coefficient (Wildman–Crippen LogP) is 18.1. The van der Waals surface area contributed by atoms with E-state index in [2.05, 4.69) is 253 Å². The number of benzene rings is 8. The fraction of sp³-hybridized carbons (Fsp3) is 0.188. The second-order valence-corrected chi connectivity index (χ2v) is 17.9. The Bertz CT molecular complexity index is 2790. The largest absolute Gasteiger partial charge is 0.0984 e. The van der Waals surface area contributed by atoms with Gasteiger partial charge in [0.15, 0.2) is 0 Å². The lowest BCUT2D eigenvalue weighted by Gasteiger charge is -2.21. The van der Waals surface area contributed by atoms with Crippen molar-refractivity contribution >= 4 is 12.2 Å². The van der Waals surface area contributed by atoms with Crippen molar-refractivity contribution < 1.29 is 0 Å². The van der Waals surface area contributed by atoms with Gasteiger partial charge in [-0.25, -0.2) is 0 Å². The van der Waals surface area contributed by atoms with Gasteiger partial charge in [-0.05, 0) is 157 Å². The van der Waals surface area contributed by atoms with E-state index in [1.807, 2.05) is 12.2 Å². The van der Waals surface area contributed by atoms with Crippen LogP contribution in [-0.2, 0) is 5.41 Å². The third-order valence-corrected chi connectivity index (χ3v) is 13.0. The third kappa shape index (κ3) is 10.4. The molecule has 0 amide bonds. The molecule has 0 spiro atoms. The van der Waals surface area contributed by atoms with E-state index in [1.54, 1.807) is 0 Å². The third-order valence-electron chi connectivity index (χ3n) is 13.0. The van der Waals surface area contributed by atoms with E-state index in [0.717, 1.165) is 0 Å². The van der Waals surface area contributed by atoms with Gasteiger partial charge >= 0.3 is 0 Å². The van der Waals surface area contributed by atoms with Crippen molar-refractivity contribution in [1.29, 1.82) is 0 Å². The zero-order valence-electron chi connectivity index (χ0n) is 40.2. The molecule has 0 bridgehead atoms. The molecule has 8 aromatic rings. The number of aryl methyl sites for hydroxylation is 6. The Hall–Kier alpha value is -6.76. The molecule has 0 unspecified atom stereocenters. The molecule has 1 aliphatic carbocycles. The molecule has 9 rings (SSSR count). The quantitative estimate of drug-likeness (QED) is 0.162. The topological polar surface area (TPSA) is 0 Å². The zero-order chi connectivity index (χ0) is 46.1. The van der Waals surface area contributed by atoms with Crippen LogP contribution >= 0.6 is 0 Å². The minimum absolute atomic E-state index is 0.152. The Kier molecular flexibility index (Phi) is 15.1. The van der Waals surface area contributed by atoms with Gasteiger partial charge in [0.25, 0.3) is 0 Å². The molecule has 0 N–H and O–H groups in total. The van der Waals surface area contributed by atoms with Gasteiger partial charge in [-0.2, -0.15) is 0 Å². The van der Waals surface area contributed by atoms with Crippen LogP contribution in [0.1, 0.15) is 86.2 Å². The van der Waals surface area contributed by atoms with Crippen LogP contribution in [0.25, 0.3) is 56.7 Å². The van der Waals surface area contributed by atoms with Gasteiger partial charge in [-0.3, -0.25) is 0 Å². The average Bonchev–Trinajstić information content (AvgIpc) is 3.52. The van der Waals surface area contributed by atoms with Crippen LogP contribution in [0.5, 0.6) is 0 Å². The maximum atomic E-state index is 4.01. The summed E-state index contributed by atoms with van der Waals surface area (Å²) in [5.41, 5.74) is 27.9. The van der Waals surface area contributed by atoms with Crippen LogP contribution in [0.15, 0.2) is 177 Å². The van der Waals surface area contributed by atoms with Crippen molar-refractivity contribution in [2.45, 2.75) is 81.6 Å². The minimum atomic E-state index is 0.152. The molecule has 0 aromatic heterocycles. The molecule has 0 saturated heterocycles. The van der Waals surface area contributed by atoms with Crippen LogP contribution in [0.2, 0.25) is 0 Å². The van der Waals surface area contributed by atoms with Crippen molar-refractivity contribution in [3.63, 3.8) is 0 Å². The van der Waals surface area contributed by atoms with E-state index in [1.165, 1.54) is 117 Å². The summed E-state index contributed by atoms with van der Waals surface area (Å²) in [6.07, 6.45) is 3.89. The second-order valence-electron chi connectivity index (χ2n) is 17.9. The average molecular weight is 835 g/mol. The Labute approximate surface area is 385 Å². The van der Waals surface area contributed by atoms with Gasteiger partial charge in [0, 0.05) is 5.41 Å². The molecule has 0 heterocycles. The van der Waals surface area contributed by atoms with Crippen molar-refractivity contribution in [2.24, 2.45) is 0 Å². The maximum Gasteiger partial charge on any atom is 0.0158 e. The summed E-state index contributed by atoms with van der Waals surface area (Å²) in [7, 11) is 0. The SMILES string of the molecule is C=Cc1c(C)c(C)c(C)c(-c2ccc(C)cc2)c1C=C.Cc1ccc(-c2ccc(C)cc2)cc1.Cc1ccc2c(c1)-c1ccccc1C2(C)C.Cc1ccccc1-c1ccccc1C. The first-order valence-electron chi connectivity index (χ1n) is 22.6. The smallest absolute Gasteiger partial charge is 0.0158 e. The number of hydrogen-bond donors (Lipinski definition) is 0. The van der Waals surface area contributed by atoms with Crippen molar-refractivity contribution in [1.82, 2.24) is 0 Å². The van der Waals surface area contributed by atoms with E-state index in [0.29, 0.717) is 0 Å². The molecule has 322 valence electrons. The molecule has 0 aliphatic heterocycles. The fourth-order valence-electron chi connectivity index (χ4n) is 8.85. The first-order valence-corrected chi connectivity index (χ1v) is 22.6. The molecular formula is C64H66. The molecular weight excluding hydrogens is 769 g/mol. The highest BCUT2D eigenvalue weighted by molar-refractivity contribution is 5.85. The summed E-state index contributed by atoms with van der Waals surface area (Å²) in [5.74, 6) is 0. The van der Waals surface area contributed by atoms with Gasteiger partial charge in [0.05, 0.1) is 0 Å². The van der Waals surface area contributed by atoms with Gasteiger partial charge in [0.1, 0.15) is 0 Å². The Morgan fingerprint density at radius 2 is 0.734 bits per heavy atom. The summed E-state index contributed by atoms with van der Waals surface area (Å²) in [4.78, 5) is 0. The van der Waals surface area contributed by atoms with Gasteiger partial charge in [0.2, 0.25) is 0 Å². The molecule has 0 radical (unpaired) electrons. The predicted molar refractivity (Wildman–Crippen MR) is 282 cm³/mol. The highest BCUT2D eigenvalue weighted by Crippen LogP contribution is 2.48. The van der Waals surface area contributed by atoms with Crippen LogP contribution in [0.4, 0.5) is 0 Å². The summed E-state index contributed by atoms with van der Waals surface area (Å²) in [6, 6.07) is 58.5. The van der Waals surface area contributed by atoms with Crippen LogP contribution in [-0.4, -0.2) is 0 Å². The van der Waals surface area contributed by atoms with Gasteiger partial charge in [-0.1, -0.05) is 225 Å². The van der Waals surface area contributed by atoms with E-state index >= 15 is 0 Å². The fourth-order valence-corrected chi connectivity index (χ4v) is 8.85. The van der Waals surface area contributed by atoms with Crippen LogP contribution < -0.4 is 0 Å². The number of rotatable bonds is 5. The normalized spacial score (nSPS) is 11.6. The van der Waals surface area contributed by atoms with Gasteiger partial charge in [-0.15, -0.1) is 0 Å². The molecule has 0 saturated carbocycles. The lowest BCUT2D eigenvalue weighted by molar-refractivity contribution is 0.660. The highest BCUT2D eigenvalue weighted by Gasteiger charge is 2.34. The zero-order valence-corrected chi connectivity index (χ0v) is 40.2. The lowest BCUT2D eigenvalue weighted by Crippen LogP contribution is -2.14. The molecule has 8 aromatic carbocycles. The highest BCUT2D eigenvalue weighted by atomic mass is 14.4. The van der Waals surface area contributed by atoms with Gasteiger partial charge < -0.3 is 0 Å². The van der Waals surface area contributed by atoms with E-state index in [9.17, 15) is 0 Å². The maximum absolute atomic E-state index is 4.01. The Morgan fingerprint density at radius 1 is 0.344 bits per heavy atom. The Morgan fingerprint density at radius 3 is 1.19 bits per heavy atom. The number of hydrogen-bond acceptors (Lipinski definition) is 0. The molecule has 0 fully saturated rings. The molecule has 0 atom stereocenters. The Balaban J connectivity index is 0.000000143.